The van der Waals surface area contributed by atoms with Gasteiger partial charge in [0, 0.05) is 33.5 Å². The van der Waals surface area contributed by atoms with Crippen LogP contribution >= 0.6 is 23.2 Å². The summed E-state index contributed by atoms with van der Waals surface area (Å²) >= 11 is 11.7. The lowest BCUT2D eigenvalue weighted by molar-refractivity contribution is -0.313. The summed E-state index contributed by atoms with van der Waals surface area (Å²) in [6, 6.07) is 4.70. The molecule has 108 valence electrons. The van der Waals surface area contributed by atoms with Crippen LogP contribution in [0.3, 0.4) is 0 Å². The van der Waals surface area contributed by atoms with Gasteiger partial charge >= 0.3 is 0 Å². The predicted octanol–water partition coefficient (Wildman–Crippen LogP) is 2.49. The van der Waals surface area contributed by atoms with Crippen LogP contribution in [-0.4, -0.2) is 11.9 Å². The van der Waals surface area contributed by atoms with Crippen LogP contribution in [0.15, 0.2) is 18.2 Å². The van der Waals surface area contributed by atoms with E-state index in [0.29, 0.717) is 28.6 Å². The second kappa shape index (κ2) is 6.46. The highest BCUT2D eigenvalue weighted by Gasteiger charge is 2.31. The summed E-state index contributed by atoms with van der Waals surface area (Å²) in [5, 5.41) is 14.6. The van der Waals surface area contributed by atoms with Crippen LogP contribution in [0.5, 0.6) is 0 Å². The molecule has 2 atom stereocenters. The largest absolute Gasteiger partial charge is 0.550 e. The van der Waals surface area contributed by atoms with Gasteiger partial charge in [-0.05, 0) is 31.0 Å². The molecule has 0 aromatic heterocycles. The maximum absolute atomic E-state index is 12.2. The smallest absolute Gasteiger partial charge is 0.228 e. The van der Waals surface area contributed by atoms with E-state index in [0.717, 1.165) is 12.8 Å². The fourth-order valence-electron chi connectivity index (χ4n) is 2.59. The molecule has 1 fully saturated rings. The van der Waals surface area contributed by atoms with Crippen molar-refractivity contribution in [2.45, 2.75) is 25.7 Å². The molecule has 1 aliphatic carbocycles. The zero-order chi connectivity index (χ0) is 14.7. The van der Waals surface area contributed by atoms with Gasteiger partial charge in [-0.15, -0.1) is 0 Å². The second-order valence-corrected chi connectivity index (χ2v) is 5.84. The highest BCUT2D eigenvalue weighted by Crippen LogP contribution is 2.31. The van der Waals surface area contributed by atoms with Crippen molar-refractivity contribution in [1.29, 1.82) is 0 Å². The standard InChI is InChI=1S/C14H15Cl2NO3/c15-8-5-9(16)7-10(6-8)17-13(18)11-3-1-2-4-12(11)14(19)20/h5-7,11-12H,1-4H2,(H,17,18)(H,19,20)/p-1/t11-,12-/m1/s1. The quantitative estimate of drug-likeness (QED) is 0.931. The average Bonchev–Trinajstić information content (AvgIpc) is 2.37. The van der Waals surface area contributed by atoms with Crippen molar-refractivity contribution in [1.82, 2.24) is 0 Å². The molecular formula is C14H14Cl2NO3-. The van der Waals surface area contributed by atoms with Crippen LogP contribution in [0, 0.1) is 11.8 Å². The maximum atomic E-state index is 12.2. The number of carboxylic acid groups (broad SMARTS) is 1. The zero-order valence-electron chi connectivity index (χ0n) is 10.7. The molecule has 20 heavy (non-hydrogen) atoms. The molecule has 1 N–H and O–H groups in total. The minimum Gasteiger partial charge on any atom is -0.550 e. The van der Waals surface area contributed by atoms with Gasteiger partial charge in [-0.3, -0.25) is 4.79 Å². The Bertz CT molecular complexity index is 513. The Morgan fingerprint density at radius 3 is 2.15 bits per heavy atom. The van der Waals surface area contributed by atoms with Crippen molar-refractivity contribution in [3.8, 4) is 0 Å². The molecule has 0 radical (unpaired) electrons. The number of hydrogen-bond acceptors (Lipinski definition) is 3. The van der Waals surface area contributed by atoms with E-state index in [4.69, 9.17) is 23.2 Å². The molecule has 0 saturated heterocycles. The molecule has 4 nitrogen and oxygen atoms in total. The van der Waals surface area contributed by atoms with Crippen molar-refractivity contribution in [2.75, 3.05) is 5.32 Å². The fraction of sp³-hybridized carbons (Fsp3) is 0.429. The van der Waals surface area contributed by atoms with Crippen LogP contribution in [0.4, 0.5) is 5.69 Å². The summed E-state index contributed by atoms with van der Waals surface area (Å²) in [5.41, 5.74) is 0.468. The van der Waals surface area contributed by atoms with Crippen molar-refractivity contribution in [2.24, 2.45) is 11.8 Å². The Morgan fingerprint density at radius 1 is 1.05 bits per heavy atom. The number of aliphatic carboxylic acids is 1. The Morgan fingerprint density at radius 2 is 1.60 bits per heavy atom. The Balaban J connectivity index is 2.11. The number of hydrogen-bond donors (Lipinski definition) is 1. The molecule has 1 aromatic carbocycles. The average molecular weight is 315 g/mol. The Hall–Kier alpha value is -1.26. The van der Waals surface area contributed by atoms with Gasteiger partial charge in [0.15, 0.2) is 0 Å². The van der Waals surface area contributed by atoms with Gasteiger partial charge in [0.05, 0.1) is 0 Å². The summed E-state index contributed by atoms with van der Waals surface area (Å²) in [7, 11) is 0. The maximum Gasteiger partial charge on any atom is 0.228 e. The number of amides is 1. The van der Waals surface area contributed by atoms with Crippen LogP contribution in [-0.2, 0) is 9.59 Å². The van der Waals surface area contributed by atoms with E-state index in [9.17, 15) is 14.7 Å². The summed E-state index contributed by atoms with van der Waals surface area (Å²) in [4.78, 5) is 23.3. The molecule has 1 aliphatic rings. The molecule has 2 rings (SSSR count). The molecule has 1 saturated carbocycles. The molecule has 1 aromatic rings. The second-order valence-electron chi connectivity index (χ2n) is 4.96. The number of anilines is 1. The van der Waals surface area contributed by atoms with Crippen molar-refractivity contribution < 1.29 is 14.7 Å². The van der Waals surface area contributed by atoms with Crippen molar-refractivity contribution in [3.63, 3.8) is 0 Å². The van der Waals surface area contributed by atoms with E-state index in [1.54, 1.807) is 18.2 Å². The SMILES string of the molecule is O=C([O-])[C@@H]1CCCC[C@H]1C(=O)Nc1cc(Cl)cc(Cl)c1. The van der Waals surface area contributed by atoms with Gasteiger partial charge in [0.1, 0.15) is 0 Å². The third-order valence-electron chi connectivity index (χ3n) is 3.54. The molecule has 0 spiro atoms. The molecule has 6 heteroatoms. The van der Waals surface area contributed by atoms with Gasteiger partial charge in [-0.2, -0.15) is 0 Å². The van der Waals surface area contributed by atoms with Gasteiger partial charge in [-0.25, -0.2) is 0 Å². The van der Waals surface area contributed by atoms with E-state index in [-0.39, 0.29) is 5.91 Å². The van der Waals surface area contributed by atoms with Crippen LogP contribution < -0.4 is 10.4 Å². The first-order valence-electron chi connectivity index (χ1n) is 6.45. The third kappa shape index (κ3) is 3.64. The molecule has 0 bridgehead atoms. The monoisotopic (exact) mass is 314 g/mol. The first-order chi connectivity index (χ1) is 9.47. The van der Waals surface area contributed by atoms with E-state index in [1.165, 1.54) is 0 Å². The molecule has 0 unspecified atom stereocenters. The Kier molecular flexibility index (Phi) is 4.89. The molecule has 0 heterocycles. The first kappa shape index (κ1) is 15.1. The van der Waals surface area contributed by atoms with E-state index in [2.05, 4.69) is 5.32 Å². The third-order valence-corrected chi connectivity index (χ3v) is 3.97. The highest BCUT2D eigenvalue weighted by atomic mass is 35.5. The fourth-order valence-corrected chi connectivity index (χ4v) is 3.11. The number of nitrogens with one attached hydrogen (secondary N) is 1. The van der Waals surface area contributed by atoms with Crippen molar-refractivity contribution >= 4 is 40.8 Å². The predicted molar refractivity (Wildman–Crippen MR) is 75.5 cm³/mol. The molecular weight excluding hydrogens is 301 g/mol. The van der Waals surface area contributed by atoms with Crippen LogP contribution in [0.25, 0.3) is 0 Å². The summed E-state index contributed by atoms with van der Waals surface area (Å²) in [6.45, 7) is 0. The zero-order valence-corrected chi connectivity index (χ0v) is 12.2. The molecule has 0 aliphatic heterocycles. The highest BCUT2D eigenvalue weighted by molar-refractivity contribution is 6.35. The van der Waals surface area contributed by atoms with Crippen LogP contribution in [0.2, 0.25) is 10.0 Å². The van der Waals surface area contributed by atoms with E-state index in [1.807, 2.05) is 0 Å². The van der Waals surface area contributed by atoms with E-state index < -0.39 is 17.8 Å². The normalized spacial score (nSPS) is 22.3. The van der Waals surface area contributed by atoms with Crippen molar-refractivity contribution in [3.05, 3.63) is 28.2 Å². The molecule has 1 amide bonds. The van der Waals surface area contributed by atoms with Gasteiger partial charge in [0.2, 0.25) is 5.91 Å². The minimum atomic E-state index is -1.16. The number of benzene rings is 1. The van der Waals surface area contributed by atoms with Gasteiger partial charge < -0.3 is 15.2 Å². The number of carbonyl (C=O) groups is 2. The summed E-state index contributed by atoms with van der Waals surface area (Å²) < 4.78 is 0. The van der Waals surface area contributed by atoms with Gasteiger partial charge in [-0.1, -0.05) is 36.0 Å². The number of carbonyl (C=O) groups excluding carboxylic acids is 2. The first-order valence-corrected chi connectivity index (χ1v) is 7.21. The lowest BCUT2D eigenvalue weighted by atomic mass is 9.78. The van der Waals surface area contributed by atoms with Crippen LogP contribution in [0.1, 0.15) is 25.7 Å². The number of carboxylic acids is 1. The van der Waals surface area contributed by atoms with Gasteiger partial charge in [0.25, 0.3) is 0 Å². The topological polar surface area (TPSA) is 69.2 Å². The lowest BCUT2D eigenvalue weighted by Crippen LogP contribution is -2.42. The number of halogens is 2. The summed E-state index contributed by atoms with van der Waals surface area (Å²) in [6.07, 6.45) is 2.69. The van der Waals surface area contributed by atoms with E-state index >= 15 is 0 Å². The Labute approximate surface area is 127 Å². The minimum absolute atomic E-state index is 0.322. The lowest BCUT2D eigenvalue weighted by Gasteiger charge is -2.31. The number of rotatable bonds is 3. The summed E-state index contributed by atoms with van der Waals surface area (Å²) in [5.74, 6) is -2.77.